The second kappa shape index (κ2) is 6.93. The number of aromatic amines is 1. The number of imidazole rings is 1. The van der Waals surface area contributed by atoms with Crippen molar-refractivity contribution in [2.75, 3.05) is 0 Å². The SMILES string of the molecule is CCCC1CCC(NC(CC)c2ncc[nH]2)CC1. The molecule has 1 saturated carbocycles. The molecule has 3 nitrogen and oxygen atoms in total. The Labute approximate surface area is 111 Å². The van der Waals surface area contributed by atoms with Gasteiger partial charge in [-0.1, -0.05) is 26.7 Å². The summed E-state index contributed by atoms with van der Waals surface area (Å²) < 4.78 is 0. The van der Waals surface area contributed by atoms with Gasteiger partial charge in [0.2, 0.25) is 0 Å². The first-order chi connectivity index (χ1) is 8.83. The predicted octanol–water partition coefficient (Wildman–Crippen LogP) is 3.81. The van der Waals surface area contributed by atoms with Gasteiger partial charge in [-0.2, -0.15) is 0 Å². The molecule has 0 amide bonds. The van der Waals surface area contributed by atoms with Crippen LogP contribution in [0.5, 0.6) is 0 Å². The van der Waals surface area contributed by atoms with E-state index in [2.05, 4.69) is 29.1 Å². The third-order valence-electron chi connectivity index (χ3n) is 4.24. The summed E-state index contributed by atoms with van der Waals surface area (Å²) in [5, 5.41) is 3.78. The van der Waals surface area contributed by atoms with Crippen LogP contribution in [0.25, 0.3) is 0 Å². The van der Waals surface area contributed by atoms with Crippen LogP contribution in [-0.2, 0) is 0 Å². The number of H-pyrrole nitrogens is 1. The zero-order valence-corrected chi connectivity index (χ0v) is 11.8. The van der Waals surface area contributed by atoms with Gasteiger partial charge < -0.3 is 10.3 Å². The molecule has 0 saturated heterocycles. The Balaban J connectivity index is 1.80. The lowest BCUT2D eigenvalue weighted by Gasteiger charge is -2.31. The fourth-order valence-electron chi connectivity index (χ4n) is 3.17. The molecule has 2 N–H and O–H groups in total. The standard InChI is InChI=1S/C15H27N3/c1-3-5-12-6-8-13(9-7-12)18-14(4-2)15-16-10-11-17-15/h10-14,18H,3-9H2,1-2H3,(H,16,17). The average molecular weight is 249 g/mol. The lowest BCUT2D eigenvalue weighted by molar-refractivity contribution is 0.259. The first-order valence-electron chi connectivity index (χ1n) is 7.58. The van der Waals surface area contributed by atoms with Gasteiger partial charge in [0.15, 0.2) is 0 Å². The van der Waals surface area contributed by atoms with Gasteiger partial charge in [0.1, 0.15) is 5.82 Å². The molecule has 1 heterocycles. The van der Waals surface area contributed by atoms with E-state index in [9.17, 15) is 0 Å². The van der Waals surface area contributed by atoms with Crippen LogP contribution in [-0.4, -0.2) is 16.0 Å². The van der Waals surface area contributed by atoms with E-state index in [1.807, 2.05) is 12.4 Å². The quantitative estimate of drug-likeness (QED) is 0.805. The molecule has 0 bridgehead atoms. The lowest BCUT2D eigenvalue weighted by atomic mass is 9.83. The van der Waals surface area contributed by atoms with Gasteiger partial charge in [-0.05, 0) is 38.0 Å². The van der Waals surface area contributed by atoms with Crippen LogP contribution in [0.3, 0.4) is 0 Å². The van der Waals surface area contributed by atoms with Crippen molar-refractivity contribution in [3.05, 3.63) is 18.2 Å². The molecule has 1 aliphatic rings. The summed E-state index contributed by atoms with van der Waals surface area (Å²) in [4.78, 5) is 7.61. The van der Waals surface area contributed by atoms with Gasteiger partial charge in [0.05, 0.1) is 6.04 Å². The number of hydrogen-bond acceptors (Lipinski definition) is 2. The van der Waals surface area contributed by atoms with E-state index in [1.165, 1.54) is 38.5 Å². The molecular formula is C15H27N3. The smallest absolute Gasteiger partial charge is 0.123 e. The fourth-order valence-corrected chi connectivity index (χ4v) is 3.17. The molecule has 18 heavy (non-hydrogen) atoms. The van der Waals surface area contributed by atoms with Crippen LogP contribution in [0.4, 0.5) is 0 Å². The summed E-state index contributed by atoms with van der Waals surface area (Å²) in [6.07, 6.45) is 13.1. The molecule has 0 radical (unpaired) electrons. The van der Waals surface area contributed by atoms with Crippen LogP contribution in [0.1, 0.15) is 70.7 Å². The van der Waals surface area contributed by atoms with E-state index in [0.29, 0.717) is 12.1 Å². The number of aromatic nitrogens is 2. The summed E-state index contributed by atoms with van der Waals surface area (Å²) in [6, 6.07) is 1.08. The Hall–Kier alpha value is -0.830. The molecule has 1 fully saturated rings. The Morgan fingerprint density at radius 2 is 2.11 bits per heavy atom. The van der Waals surface area contributed by atoms with Crippen molar-refractivity contribution in [1.29, 1.82) is 0 Å². The molecule has 0 aromatic carbocycles. The van der Waals surface area contributed by atoms with Crippen LogP contribution in [0, 0.1) is 5.92 Å². The van der Waals surface area contributed by atoms with Crippen LogP contribution >= 0.6 is 0 Å². The van der Waals surface area contributed by atoms with E-state index < -0.39 is 0 Å². The molecule has 3 heteroatoms. The normalized spacial score (nSPS) is 26.1. The van der Waals surface area contributed by atoms with E-state index in [1.54, 1.807) is 0 Å². The Bertz CT molecular complexity index is 312. The van der Waals surface area contributed by atoms with E-state index in [-0.39, 0.29) is 0 Å². The fraction of sp³-hybridized carbons (Fsp3) is 0.800. The number of nitrogens with zero attached hydrogens (tertiary/aromatic N) is 1. The first-order valence-corrected chi connectivity index (χ1v) is 7.58. The molecular weight excluding hydrogens is 222 g/mol. The summed E-state index contributed by atoms with van der Waals surface area (Å²) in [6.45, 7) is 4.53. The minimum Gasteiger partial charge on any atom is -0.347 e. The second-order valence-electron chi connectivity index (χ2n) is 5.61. The van der Waals surface area contributed by atoms with Crippen molar-refractivity contribution in [3.8, 4) is 0 Å². The molecule has 1 aromatic rings. The third-order valence-corrected chi connectivity index (χ3v) is 4.24. The summed E-state index contributed by atoms with van der Waals surface area (Å²) in [5.41, 5.74) is 0. The largest absolute Gasteiger partial charge is 0.347 e. The van der Waals surface area contributed by atoms with Gasteiger partial charge in [0.25, 0.3) is 0 Å². The number of rotatable bonds is 6. The minimum atomic E-state index is 0.396. The molecule has 0 aliphatic heterocycles. The van der Waals surface area contributed by atoms with E-state index in [0.717, 1.165) is 18.2 Å². The van der Waals surface area contributed by atoms with Gasteiger partial charge in [-0.15, -0.1) is 0 Å². The predicted molar refractivity (Wildman–Crippen MR) is 75.4 cm³/mol. The molecule has 2 rings (SSSR count). The molecule has 1 unspecified atom stereocenters. The lowest BCUT2D eigenvalue weighted by Crippen LogP contribution is -2.36. The van der Waals surface area contributed by atoms with Crippen molar-refractivity contribution < 1.29 is 0 Å². The summed E-state index contributed by atoms with van der Waals surface area (Å²) in [7, 11) is 0. The first kappa shape index (κ1) is 13.6. The van der Waals surface area contributed by atoms with Gasteiger partial charge in [-0.3, -0.25) is 0 Å². The zero-order valence-electron chi connectivity index (χ0n) is 11.8. The maximum Gasteiger partial charge on any atom is 0.123 e. The maximum absolute atomic E-state index is 4.38. The number of nitrogens with one attached hydrogen (secondary N) is 2. The monoisotopic (exact) mass is 249 g/mol. The molecule has 1 atom stereocenters. The van der Waals surface area contributed by atoms with Crippen molar-refractivity contribution in [3.63, 3.8) is 0 Å². The summed E-state index contributed by atoms with van der Waals surface area (Å²) >= 11 is 0. The minimum absolute atomic E-state index is 0.396. The molecule has 1 aliphatic carbocycles. The third kappa shape index (κ3) is 3.58. The van der Waals surface area contributed by atoms with Crippen molar-refractivity contribution in [1.82, 2.24) is 15.3 Å². The highest BCUT2D eigenvalue weighted by Gasteiger charge is 2.23. The summed E-state index contributed by atoms with van der Waals surface area (Å²) in [5.74, 6) is 2.07. The zero-order chi connectivity index (χ0) is 12.8. The van der Waals surface area contributed by atoms with Crippen molar-refractivity contribution >= 4 is 0 Å². The van der Waals surface area contributed by atoms with Crippen LogP contribution in [0.2, 0.25) is 0 Å². The maximum atomic E-state index is 4.38. The second-order valence-corrected chi connectivity index (χ2v) is 5.61. The van der Waals surface area contributed by atoms with E-state index >= 15 is 0 Å². The highest BCUT2D eigenvalue weighted by atomic mass is 15.0. The molecule has 1 aromatic heterocycles. The van der Waals surface area contributed by atoms with Gasteiger partial charge in [-0.25, -0.2) is 4.98 Å². The molecule has 102 valence electrons. The highest BCUT2D eigenvalue weighted by molar-refractivity contribution is 4.96. The number of hydrogen-bond donors (Lipinski definition) is 2. The average Bonchev–Trinajstić information content (AvgIpc) is 2.92. The van der Waals surface area contributed by atoms with Crippen molar-refractivity contribution in [2.24, 2.45) is 5.92 Å². The topological polar surface area (TPSA) is 40.7 Å². The van der Waals surface area contributed by atoms with Gasteiger partial charge in [0, 0.05) is 18.4 Å². The van der Waals surface area contributed by atoms with E-state index in [4.69, 9.17) is 0 Å². The Morgan fingerprint density at radius 1 is 1.33 bits per heavy atom. The van der Waals surface area contributed by atoms with Gasteiger partial charge >= 0.3 is 0 Å². The van der Waals surface area contributed by atoms with Crippen molar-refractivity contribution in [2.45, 2.75) is 70.9 Å². The Morgan fingerprint density at radius 3 is 2.67 bits per heavy atom. The van der Waals surface area contributed by atoms with Crippen LogP contribution in [0.15, 0.2) is 12.4 Å². The Kier molecular flexibility index (Phi) is 5.24. The van der Waals surface area contributed by atoms with Crippen LogP contribution < -0.4 is 5.32 Å². The molecule has 0 spiro atoms. The highest BCUT2D eigenvalue weighted by Crippen LogP contribution is 2.29.